The molecule has 6 rings (SSSR count). The molecule has 0 saturated heterocycles. The number of carboxylic acid groups (broad SMARTS) is 1. The van der Waals surface area contributed by atoms with Gasteiger partial charge in [0.2, 0.25) is 0 Å². The summed E-state index contributed by atoms with van der Waals surface area (Å²) >= 11 is 3.62. The summed E-state index contributed by atoms with van der Waals surface area (Å²) in [6.45, 7) is 4.42. The average molecular weight is 672 g/mol. The summed E-state index contributed by atoms with van der Waals surface area (Å²) in [6.07, 6.45) is 2.67. The maximum absolute atomic E-state index is 15.4. The van der Waals surface area contributed by atoms with Crippen LogP contribution in [-0.4, -0.2) is 47.6 Å². The zero-order valence-corrected chi connectivity index (χ0v) is 28.8. The van der Waals surface area contributed by atoms with E-state index < -0.39 is 11.8 Å². The monoisotopic (exact) mass is 671 g/mol. The van der Waals surface area contributed by atoms with E-state index >= 15 is 4.39 Å². The molecule has 3 aromatic carbocycles. The number of aromatic carboxylic acids is 1. The Morgan fingerprint density at radius 2 is 1.83 bits per heavy atom. The van der Waals surface area contributed by atoms with Crippen molar-refractivity contribution in [3.63, 3.8) is 0 Å². The van der Waals surface area contributed by atoms with Crippen LogP contribution < -0.4 is 4.74 Å². The van der Waals surface area contributed by atoms with Gasteiger partial charge >= 0.3 is 5.97 Å². The molecule has 0 radical (unpaired) electrons. The Morgan fingerprint density at radius 3 is 2.57 bits per heavy atom. The molecule has 6 aromatic rings. The number of nitrogens with zero attached hydrogens (tertiary/aromatic N) is 5. The van der Waals surface area contributed by atoms with Crippen molar-refractivity contribution in [3.8, 4) is 16.9 Å². The fourth-order valence-corrected chi connectivity index (χ4v) is 7.69. The van der Waals surface area contributed by atoms with Gasteiger partial charge in [-0.15, -0.1) is 11.8 Å². The van der Waals surface area contributed by atoms with Gasteiger partial charge in [-0.25, -0.2) is 9.18 Å². The number of carbonyl (C=O) groups is 1. The van der Waals surface area contributed by atoms with Crippen LogP contribution in [0.25, 0.3) is 32.8 Å². The maximum Gasteiger partial charge on any atom is 0.352 e. The van der Waals surface area contributed by atoms with Gasteiger partial charge in [-0.05, 0) is 66.8 Å². The molecule has 0 fully saturated rings. The number of fused-ring (bicyclic) bond motifs is 2. The average Bonchev–Trinajstić information content (AvgIpc) is 3.68. The molecule has 0 unspecified atom stereocenters. The molecule has 0 bridgehead atoms. The van der Waals surface area contributed by atoms with E-state index in [0.717, 1.165) is 55.5 Å². The molecular weight excluding hydrogens is 634 g/mol. The second kappa shape index (κ2) is 13.9. The van der Waals surface area contributed by atoms with E-state index in [-0.39, 0.29) is 5.69 Å². The van der Waals surface area contributed by atoms with Crippen LogP contribution in [-0.2, 0) is 39.1 Å². The second-order valence-electron chi connectivity index (χ2n) is 11.5. The maximum atomic E-state index is 15.4. The van der Waals surface area contributed by atoms with E-state index in [1.165, 1.54) is 11.8 Å². The minimum atomic E-state index is -1.05. The van der Waals surface area contributed by atoms with Gasteiger partial charge in [0.15, 0.2) is 0 Å². The fraction of sp³-hybridized carbons (Fsp3) is 0.306. The van der Waals surface area contributed by atoms with Crippen LogP contribution >= 0.6 is 23.5 Å². The van der Waals surface area contributed by atoms with Gasteiger partial charge in [-0.3, -0.25) is 9.36 Å². The van der Waals surface area contributed by atoms with Gasteiger partial charge in [0.25, 0.3) is 0 Å². The fourth-order valence-electron chi connectivity index (χ4n) is 6.15. The van der Waals surface area contributed by atoms with Crippen LogP contribution in [0.5, 0.6) is 5.75 Å². The Hall–Kier alpha value is -4.22. The van der Waals surface area contributed by atoms with E-state index in [1.807, 2.05) is 42.5 Å². The number of ether oxygens (including phenoxy) is 1. The van der Waals surface area contributed by atoms with Crippen molar-refractivity contribution < 1.29 is 19.0 Å². The van der Waals surface area contributed by atoms with Crippen molar-refractivity contribution in [2.24, 2.45) is 21.1 Å². The number of carboxylic acids is 1. The number of halogens is 1. The van der Waals surface area contributed by atoms with Crippen LogP contribution in [0.3, 0.4) is 0 Å². The quantitative estimate of drug-likeness (QED) is 0.0979. The minimum Gasteiger partial charge on any atom is -0.493 e. The summed E-state index contributed by atoms with van der Waals surface area (Å²) in [5, 5.41) is 22.0. The minimum absolute atomic E-state index is 0.156. The molecule has 0 aliphatic heterocycles. The zero-order valence-electron chi connectivity index (χ0n) is 27.2. The lowest BCUT2D eigenvalue weighted by Crippen LogP contribution is -2.09. The van der Waals surface area contributed by atoms with Gasteiger partial charge in [0.05, 0.1) is 24.0 Å². The van der Waals surface area contributed by atoms with Crippen molar-refractivity contribution in [2.75, 3.05) is 12.4 Å². The van der Waals surface area contributed by atoms with E-state index in [1.54, 1.807) is 47.4 Å². The van der Waals surface area contributed by atoms with Crippen LogP contribution in [0.4, 0.5) is 4.39 Å². The van der Waals surface area contributed by atoms with Crippen LogP contribution in [0.15, 0.2) is 65.7 Å². The summed E-state index contributed by atoms with van der Waals surface area (Å²) in [5.74, 6) is 2.11. The summed E-state index contributed by atoms with van der Waals surface area (Å²) in [4.78, 5) is 13.6. The molecule has 1 N–H and O–H groups in total. The SMILES string of the molecule is CCSCc1cc(CSc2cc(OCCCc3c(C(=O)O)n(C)c4c(-c5cnn(C)c5C)c(F)ccc34)c3ccccc3c2)n(C)n1. The Labute approximate surface area is 281 Å². The van der Waals surface area contributed by atoms with Gasteiger partial charge in [0.1, 0.15) is 17.3 Å². The third-order valence-electron chi connectivity index (χ3n) is 8.61. The number of hydrogen-bond acceptors (Lipinski definition) is 6. The predicted octanol–water partition coefficient (Wildman–Crippen LogP) is 8.17. The van der Waals surface area contributed by atoms with Crippen molar-refractivity contribution in [1.29, 1.82) is 0 Å². The highest BCUT2D eigenvalue weighted by Crippen LogP contribution is 2.38. The predicted molar refractivity (Wildman–Crippen MR) is 189 cm³/mol. The Balaban J connectivity index is 1.23. The lowest BCUT2D eigenvalue weighted by atomic mass is 9.99. The molecule has 244 valence electrons. The smallest absolute Gasteiger partial charge is 0.352 e. The van der Waals surface area contributed by atoms with Crippen molar-refractivity contribution in [1.82, 2.24) is 24.1 Å². The number of aryl methyl sites for hydroxylation is 4. The van der Waals surface area contributed by atoms with E-state index in [4.69, 9.17) is 4.74 Å². The summed E-state index contributed by atoms with van der Waals surface area (Å²) in [6, 6.07) is 17.7. The molecule has 0 aliphatic carbocycles. The summed E-state index contributed by atoms with van der Waals surface area (Å²) in [5.41, 5.74) is 5.46. The number of aromatic nitrogens is 5. The van der Waals surface area contributed by atoms with E-state index in [9.17, 15) is 9.90 Å². The lowest BCUT2D eigenvalue weighted by molar-refractivity contribution is 0.0685. The first-order chi connectivity index (χ1) is 22.7. The highest BCUT2D eigenvalue weighted by Gasteiger charge is 2.25. The third-order valence-corrected chi connectivity index (χ3v) is 10.5. The summed E-state index contributed by atoms with van der Waals surface area (Å²) < 4.78 is 27.0. The highest BCUT2D eigenvalue weighted by molar-refractivity contribution is 7.98. The first-order valence-electron chi connectivity index (χ1n) is 15.6. The van der Waals surface area contributed by atoms with E-state index in [2.05, 4.69) is 47.5 Å². The molecule has 0 atom stereocenters. The van der Waals surface area contributed by atoms with Gasteiger partial charge in [0, 0.05) is 70.8 Å². The third kappa shape index (κ3) is 6.51. The van der Waals surface area contributed by atoms with Crippen molar-refractivity contribution in [3.05, 3.63) is 95.0 Å². The number of rotatable bonds is 13. The largest absolute Gasteiger partial charge is 0.493 e. The van der Waals surface area contributed by atoms with Gasteiger partial charge in [-0.2, -0.15) is 22.0 Å². The lowest BCUT2D eigenvalue weighted by Gasteiger charge is -2.12. The molecular formula is C36H38FN5O3S2. The van der Waals surface area contributed by atoms with Crippen molar-refractivity contribution in [2.45, 2.75) is 43.1 Å². The van der Waals surface area contributed by atoms with Crippen LogP contribution in [0, 0.1) is 12.7 Å². The molecule has 11 heteroatoms. The molecule has 8 nitrogen and oxygen atoms in total. The second-order valence-corrected chi connectivity index (χ2v) is 13.9. The number of thioether (sulfide) groups is 2. The zero-order chi connectivity index (χ0) is 33.2. The van der Waals surface area contributed by atoms with E-state index in [0.29, 0.717) is 41.7 Å². The molecule has 0 amide bonds. The summed E-state index contributed by atoms with van der Waals surface area (Å²) in [7, 11) is 5.48. The standard InChI is InChI=1S/C36H38FN5O3S2/c1-6-46-20-24-17-25(42(5)39-24)21-47-26-16-23-10-7-8-11-27(23)32(18-26)45-15-9-12-28-29-13-14-31(37)33(30-19-38-41(4)22(30)2)34(29)40(3)35(28)36(43)44/h7-8,10-11,13-14,16-19H,6,9,12,15,20-21H2,1-5H3,(H,43,44). The van der Waals surface area contributed by atoms with Crippen molar-refractivity contribution >= 4 is 51.2 Å². The number of hydrogen-bond donors (Lipinski definition) is 1. The first-order valence-corrected chi connectivity index (χ1v) is 17.7. The molecule has 0 saturated carbocycles. The normalized spacial score (nSPS) is 11.6. The Kier molecular flexibility index (Phi) is 9.65. The van der Waals surface area contributed by atoms with Gasteiger partial charge < -0.3 is 14.4 Å². The van der Waals surface area contributed by atoms with Crippen LogP contribution in [0.1, 0.15) is 46.5 Å². The molecule has 47 heavy (non-hydrogen) atoms. The molecule has 0 spiro atoms. The van der Waals surface area contributed by atoms with Crippen LogP contribution in [0.2, 0.25) is 0 Å². The molecule has 3 aromatic heterocycles. The molecule has 0 aliphatic rings. The first kappa shape index (κ1) is 32.7. The Morgan fingerprint density at radius 1 is 1.02 bits per heavy atom. The Bertz CT molecular complexity index is 2100. The topological polar surface area (TPSA) is 87.1 Å². The molecule has 3 heterocycles. The number of benzene rings is 3. The van der Waals surface area contributed by atoms with Gasteiger partial charge in [-0.1, -0.05) is 31.2 Å². The highest BCUT2D eigenvalue weighted by atomic mass is 32.2.